The summed E-state index contributed by atoms with van der Waals surface area (Å²) in [4.78, 5) is 41.2. The molecule has 0 fully saturated rings. The van der Waals surface area contributed by atoms with Crippen molar-refractivity contribution in [1.82, 2.24) is 20.2 Å². The Morgan fingerprint density at radius 3 is 2.92 bits per heavy atom. The zero-order valence-corrected chi connectivity index (χ0v) is 14.4. The fraction of sp³-hybridized carbons (Fsp3) is 0.214. The lowest BCUT2D eigenvalue weighted by atomic mass is 10.2. The van der Waals surface area contributed by atoms with Gasteiger partial charge in [0, 0.05) is 0 Å². The Labute approximate surface area is 143 Å². The normalized spacial score (nSPS) is 12.2. The molecule has 10 heteroatoms. The summed E-state index contributed by atoms with van der Waals surface area (Å²) in [7, 11) is 0. The Morgan fingerprint density at radius 1 is 1.38 bits per heavy atom. The van der Waals surface area contributed by atoms with Crippen molar-refractivity contribution < 1.29 is 4.79 Å². The number of aromatic nitrogens is 4. The largest absolute Gasteiger partial charge is 0.342 e. The van der Waals surface area contributed by atoms with Gasteiger partial charge in [0.1, 0.15) is 0 Å². The predicted molar refractivity (Wildman–Crippen MR) is 93.8 cm³/mol. The summed E-state index contributed by atoms with van der Waals surface area (Å²) in [5.41, 5.74) is 0.626. The molecule has 0 aliphatic heterocycles. The quantitative estimate of drug-likeness (QED) is 0.604. The molecule has 1 unspecified atom stereocenters. The van der Waals surface area contributed by atoms with Crippen molar-refractivity contribution in [3.63, 3.8) is 0 Å². The lowest BCUT2D eigenvalue weighted by Gasteiger charge is -2.08. The number of nitrogens with one attached hydrogen (secondary N) is 3. The van der Waals surface area contributed by atoms with Crippen LogP contribution in [0.25, 0.3) is 10.2 Å². The van der Waals surface area contributed by atoms with E-state index in [0.29, 0.717) is 5.13 Å². The minimum absolute atomic E-state index is 0.0252. The van der Waals surface area contributed by atoms with Crippen molar-refractivity contribution in [2.75, 3.05) is 5.32 Å². The van der Waals surface area contributed by atoms with Crippen LogP contribution in [-0.2, 0) is 4.79 Å². The Kier molecular flexibility index (Phi) is 4.49. The summed E-state index contributed by atoms with van der Waals surface area (Å²) in [6, 6.07) is 5.86. The minimum atomic E-state index is -0.689. The van der Waals surface area contributed by atoms with Gasteiger partial charge in [-0.3, -0.25) is 14.6 Å². The number of thiazole rings is 1. The molecule has 3 aromatic rings. The summed E-state index contributed by atoms with van der Waals surface area (Å²) >= 11 is 2.34. The fourth-order valence-corrected chi connectivity index (χ4v) is 3.65. The van der Waals surface area contributed by atoms with E-state index in [9.17, 15) is 14.4 Å². The Morgan fingerprint density at radius 2 is 2.17 bits per heavy atom. The van der Waals surface area contributed by atoms with Crippen molar-refractivity contribution in [3.8, 4) is 0 Å². The van der Waals surface area contributed by atoms with Crippen LogP contribution < -0.4 is 16.6 Å². The standard InChI is InChI=1S/C14H13N5O3S2/c1-6-3-4-8-9(5-6)24-14(15-8)17-10(20)7(2)23-12-11(21)16-13(22)19-18-12/h3-5,7H,1-2H3,(H,15,17,20)(H2,16,19,21,22). The molecule has 24 heavy (non-hydrogen) atoms. The van der Waals surface area contributed by atoms with Crippen molar-refractivity contribution in [3.05, 3.63) is 44.6 Å². The van der Waals surface area contributed by atoms with Crippen molar-refractivity contribution in [1.29, 1.82) is 0 Å². The first kappa shape index (κ1) is 16.4. The van der Waals surface area contributed by atoms with Gasteiger partial charge in [0.2, 0.25) is 5.91 Å². The lowest BCUT2D eigenvalue weighted by Crippen LogP contribution is -2.28. The molecule has 8 nitrogen and oxygen atoms in total. The first-order valence-electron chi connectivity index (χ1n) is 6.96. The number of aromatic amines is 2. The van der Waals surface area contributed by atoms with E-state index >= 15 is 0 Å². The van der Waals surface area contributed by atoms with Gasteiger partial charge in [-0.1, -0.05) is 29.2 Å². The van der Waals surface area contributed by atoms with Crippen LogP contribution in [0.3, 0.4) is 0 Å². The van der Waals surface area contributed by atoms with E-state index < -0.39 is 16.5 Å². The molecule has 0 saturated heterocycles. The van der Waals surface area contributed by atoms with Gasteiger partial charge >= 0.3 is 5.69 Å². The van der Waals surface area contributed by atoms with Crippen LogP contribution in [0.1, 0.15) is 12.5 Å². The molecular formula is C14H13N5O3S2. The zero-order valence-electron chi connectivity index (χ0n) is 12.7. The first-order chi connectivity index (χ1) is 11.4. The molecule has 3 rings (SSSR count). The third kappa shape index (κ3) is 3.54. The summed E-state index contributed by atoms with van der Waals surface area (Å²) in [5, 5.41) is 8.45. The second-order valence-corrected chi connectivity index (χ2v) is 7.41. The summed E-state index contributed by atoms with van der Waals surface area (Å²) in [5.74, 6) is -0.303. The lowest BCUT2D eigenvalue weighted by molar-refractivity contribution is -0.115. The molecule has 124 valence electrons. The number of carbonyl (C=O) groups excluding carboxylic acids is 1. The number of anilines is 1. The maximum atomic E-state index is 12.3. The molecule has 0 aliphatic rings. The summed E-state index contributed by atoms with van der Waals surface area (Å²) in [6.45, 7) is 3.63. The number of aryl methyl sites for hydroxylation is 1. The molecule has 1 atom stereocenters. The Bertz CT molecular complexity index is 1020. The van der Waals surface area contributed by atoms with E-state index in [1.165, 1.54) is 11.3 Å². The number of amides is 1. The van der Waals surface area contributed by atoms with Crippen molar-refractivity contribution in [2.45, 2.75) is 24.1 Å². The third-order valence-corrected chi connectivity index (χ3v) is 5.11. The van der Waals surface area contributed by atoms with Crippen molar-refractivity contribution in [2.24, 2.45) is 0 Å². The van der Waals surface area contributed by atoms with Crippen LogP contribution in [-0.4, -0.2) is 31.3 Å². The van der Waals surface area contributed by atoms with E-state index in [0.717, 1.165) is 27.5 Å². The number of rotatable bonds is 4. The number of thioether (sulfide) groups is 1. The molecule has 0 radical (unpaired) electrons. The maximum absolute atomic E-state index is 12.3. The molecule has 1 aromatic carbocycles. The molecule has 2 heterocycles. The van der Waals surface area contributed by atoms with Gasteiger partial charge in [0.05, 0.1) is 15.5 Å². The molecular weight excluding hydrogens is 350 g/mol. The van der Waals surface area contributed by atoms with Gasteiger partial charge in [0.15, 0.2) is 10.2 Å². The Hall–Kier alpha value is -2.46. The third-order valence-electron chi connectivity index (χ3n) is 3.11. The number of benzene rings is 1. The van der Waals surface area contributed by atoms with Crippen LogP contribution >= 0.6 is 23.1 Å². The van der Waals surface area contributed by atoms with Crippen LogP contribution in [0.2, 0.25) is 0 Å². The fourth-order valence-electron chi connectivity index (χ4n) is 1.93. The highest BCUT2D eigenvalue weighted by molar-refractivity contribution is 8.00. The predicted octanol–water partition coefficient (Wildman–Crippen LogP) is 1.50. The Balaban J connectivity index is 1.73. The highest BCUT2D eigenvalue weighted by Gasteiger charge is 2.19. The average molecular weight is 363 g/mol. The average Bonchev–Trinajstić information content (AvgIpc) is 2.91. The highest BCUT2D eigenvalue weighted by atomic mass is 32.2. The van der Waals surface area contributed by atoms with Gasteiger partial charge in [-0.25, -0.2) is 14.9 Å². The van der Waals surface area contributed by atoms with E-state index in [1.807, 2.05) is 25.1 Å². The molecule has 3 N–H and O–H groups in total. The van der Waals surface area contributed by atoms with E-state index in [4.69, 9.17) is 0 Å². The number of hydrogen-bond acceptors (Lipinski definition) is 7. The molecule has 0 spiro atoms. The van der Waals surface area contributed by atoms with Gasteiger partial charge < -0.3 is 5.32 Å². The number of nitrogens with zero attached hydrogens (tertiary/aromatic N) is 2. The zero-order chi connectivity index (χ0) is 17.3. The van der Waals surface area contributed by atoms with Gasteiger partial charge in [-0.2, -0.15) is 5.10 Å². The van der Waals surface area contributed by atoms with E-state index in [2.05, 4.69) is 25.5 Å². The molecule has 0 saturated carbocycles. The van der Waals surface area contributed by atoms with Crippen LogP contribution in [0.4, 0.5) is 5.13 Å². The monoisotopic (exact) mass is 363 g/mol. The van der Waals surface area contributed by atoms with Crippen LogP contribution in [0, 0.1) is 6.92 Å². The number of fused-ring (bicyclic) bond motifs is 1. The van der Waals surface area contributed by atoms with Crippen LogP contribution in [0.15, 0.2) is 32.8 Å². The van der Waals surface area contributed by atoms with E-state index in [1.54, 1.807) is 6.92 Å². The van der Waals surface area contributed by atoms with Gasteiger partial charge in [0.25, 0.3) is 5.56 Å². The SMILES string of the molecule is Cc1ccc2nc(NC(=O)C(C)Sc3n[nH]c(=O)[nH]c3=O)sc2c1. The number of H-pyrrole nitrogens is 2. The number of hydrogen-bond donors (Lipinski definition) is 3. The van der Waals surface area contributed by atoms with Gasteiger partial charge in [-0.15, -0.1) is 0 Å². The molecule has 1 amide bonds. The molecule has 0 aliphatic carbocycles. The second kappa shape index (κ2) is 6.57. The topological polar surface area (TPSA) is 121 Å². The summed E-state index contributed by atoms with van der Waals surface area (Å²) < 4.78 is 0.990. The highest BCUT2D eigenvalue weighted by Crippen LogP contribution is 2.27. The van der Waals surface area contributed by atoms with E-state index in [-0.39, 0.29) is 10.9 Å². The summed E-state index contributed by atoms with van der Waals surface area (Å²) in [6.07, 6.45) is 0. The minimum Gasteiger partial charge on any atom is -0.301 e. The first-order valence-corrected chi connectivity index (χ1v) is 8.66. The number of carbonyl (C=O) groups is 1. The van der Waals surface area contributed by atoms with Gasteiger partial charge in [-0.05, 0) is 31.5 Å². The van der Waals surface area contributed by atoms with Crippen molar-refractivity contribution >= 4 is 44.4 Å². The second-order valence-electron chi connectivity index (χ2n) is 5.05. The smallest absolute Gasteiger partial charge is 0.301 e. The molecule has 0 bridgehead atoms. The molecule has 2 aromatic heterocycles. The van der Waals surface area contributed by atoms with Crippen LogP contribution in [0.5, 0.6) is 0 Å². The maximum Gasteiger partial charge on any atom is 0.342 e.